The minimum Gasteiger partial charge on any atom is -0.454 e. The lowest BCUT2D eigenvalue weighted by atomic mass is 10.1. The van der Waals surface area contributed by atoms with Crippen LogP contribution >= 0.6 is 11.8 Å². The fourth-order valence-corrected chi connectivity index (χ4v) is 3.49. The van der Waals surface area contributed by atoms with Gasteiger partial charge in [-0.1, -0.05) is 37.3 Å². The van der Waals surface area contributed by atoms with Gasteiger partial charge in [-0.2, -0.15) is 0 Å². The Labute approximate surface area is 152 Å². The van der Waals surface area contributed by atoms with Gasteiger partial charge in [-0.05, 0) is 42.2 Å². The highest BCUT2D eigenvalue weighted by Crippen LogP contribution is 2.33. The van der Waals surface area contributed by atoms with Crippen molar-refractivity contribution < 1.29 is 14.3 Å². The van der Waals surface area contributed by atoms with Gasteiger partial charge in [-0.15, -0.1) is 11.8 Å². The Bertz CT molecular complexity index is 730. The Morgan fingerprint density at radius 2 is 1.84 bits per heavy atom. The van der Waals surface area contributed by atoms with Crippen molar-refractivity contribution in [3.05, 3.63) is 59.2 Å². The molecule has 0 saturated carbocycles. The summed E-state index contributed by atoms with van der Waals surface area (Å²) >= 11 is 1.59. The summed E-state index contributed by atoms with van der Waals surface area (Å²) < 4.78 is 10.7. The van der Waals surface area contributed by atoms with E-state index in [1.165, 1.54) is 5.56 Å². The zero-order chi connectivity index (χ0) is 17.6. The Morgan fingerprint density at radius 3 is 2.60 bits per heavy atom. The van der Waals surface area contributed by atoms with E-state index in [-0.39, 0.29) is 18.7 Å². The maximum absolute atomic E-state index is 12.2. The lowest BCUT2D eigenvalue weighted by molar-refractivity contribution is -0.119. The maximum atomic E-state index is 12.2. The molecule has 2 aromatic rings. The number of carbonyl (C=O) groups excluding carboxylic acids is 1. The zero-order valence-corrected chi connectivity index (χ0v) is 15.4. The molecule has 0 bridgehead atoms. The molecule has 0 aromatic heterocycles. The summed E-state index contributed by atoms with van der Waals surface area (Å²) in [5.41, 5.74) is 3.57. The summed E-state index contributed by atoms with van der Waals surface area (Å²) in [5.74, 6) is 2.83. The molecule has 132 valence electrons. The average molecular weight is 357 g/mol. The third-order valence-electron chi connectivity index (χ3n) is 4.20. The van der Waals surface area contributed by atoms with Crippen molar-refractivity contribution >= 4 is 17.7 Å². The van der Waals surface area contributed by atoms with Crippen LogP contribution < -0.4 is 14.8 Å². The number of hydrogen-bond acceptors (Lipinski definition) is 4. The van der Waals surface area contributed by atoms with Crippen LogP contribution in [0.15, 0.2) is 42.5 Å². The van der Waals surface area contributed by atoms with Crippen LogP contribution in [0.4, 0.5) is 0 Å². The van der Waals surface area contributed by atoms with Crippen molar-refractivity contribution in [1.82, 2.24) is 5.32 Å². The molecule has 0 radical (unpaired) electrons. The third-order valence-corrected chi connectivity index (χ3v) is 5.21. The van der Waals surface area contributed by atoms with Crippen LogP contribution in [0.3, 0.4) is 0 Å². The molecule has 0 unspecified atom stereocenters. The molecule has 2 aromatic carbocycles. The van der Waals surface area contributed by atoms with Crippen LogP contribution in [-0.4, -0.2) is 18.5 Å². The average Bonchev–Trinajstić information content (AvgIpc) is 3.09. The van der Waals surface area contributed by atoms with Crippen molar-refractivity contribution in [2.24, 2.45) is 0 Å². The highest BCUT2D eigenvalue weighted by Gasteiger charge is 2.14. The molecule has 1 aliphatic heterocycles. The van der Waals surface area contributed by atoms with Crippen LogP contribution in [-0.2, 0) is 17.0 Å². The van der Waals surface area contributed by atoms with Crippen molar-refractivity contribution in [3.63, 3.8) is 0 Å². The Balaban J connectivity index is 1.44. The van der Waals surface area contributed by atoms with E-state index in [2.05, 4.69) is 36.5 Å². The van der Waals surface area contributed by atoms with E-state index in [0.29, 0.717) is 5.75 Å². The summed E-state index contributed by atoms with van der Waals surface area (Å²) in [6, 6.07) is 14.3. The topological polar surface area (TPSA) is 47.6 Å². The Morgan fingerprint density at radius 1 is 1.12 bits per heavy atom. The normalized spacial score (nSPS) is 13.5. The first kappa shape index (κ1) is 17.7. The minimum absolute atomic E-state index is 0.0181. The van der Waals surface area contributed by atoms with Crippen molar-refractivity contribution in [3.8, 4) is 11.5 Å². The first-order chi connectivity index (χ1) is 12.2. The van der Waals surface area contributed by atoms with E-state index in [1.54, 1.807) is 11.8 Å². The first-order valence-electron chi connectivity index (χ1n) is 8.50. The molecule has 1 amide bonds. The number of rotatable bonds is 7. The van der Waals surface area contributed by atoms with Crippen LogP contribution in [0, 0.1) is 0 Å². The third kappa shape index (κ3) is 4.69. The van der Waals surface area contributed by atoms with Crippen LogP contribution in [0.25, 0.3) is 0 Å². The fraction of sp³-hybridized carbons (Fsp3) is 0.350. The van der Waals surface area contributed by atoms with Gasteiger partial charge < -0.3 is 14.8 Å². The number of amides is 1. The second-order valence-corrected chi connectivity index (χ2v) is 7.05. The number of nitrogens with one attached hydrogen (secondary N) is 1. The SMILES string of the molecule is CCc1ccc([C@@H](C)NC(=O)CSCc2ccc3c(c2)OCO3)cc1. The predicted octanol–water partition coefficient (Wildman–Crippen LogP) is 4.09. The Hall–Kier alpha value is -2.14. The van der Waals surface area contributed by atoms with E-state index in [1.807, 2.05) is 25.1 Å². The molecule has 5 heteroatoms. The number of aryl methyl sites for hydroxylation is 1. The van der Waals surface area contributed by atoms with Crippen molar-refractivity contribution in [2.75, 3.05) is 12.5 Å². The molecule has 4 nitrogen and oxygen atoms in total. The molecule has 3 rings (SSSR count). The summed E-state index contributed by atoms with van der Waals surface area (Å²) in [7, 11) is 0. The molecule has 1 N–H and O–H groups in total. The van der Waals surface area contributed by atoms with Crippen LogP contribution in [0.2, 0.25) is 0 Å². The lowest BCUT2D eigenvalue weighted by Gasteiger charge is -2.14. The van der Waals surface area contributed by atoms with Crippen molar-refractivity contribution in [1.29, 1.82) is 0 Å². The molecule has 0 aliphatic carbocycles. The Kier molecular flexibility index (Phi) is 5.87. The monoisotopic (exact) mass is 357 g/mol. The summed E-state index contributed by atoms with van der Waals surface area (Å²) in [4.78, 5) is 12.2. The number of carbonyl (C=O) groups is 1. The van der Waals surface area contributed by atoms with Gasteiger partial charge in [0.2, 0.25) is 12.7 Å². The predicted molar refractivity (Wildman–Crippen MR) is 101 cm³/mol. The maximum Gasteiger partial charge on any atom is 0.231 e. The molecule has 1 heterocycles. The van der Waals surface area contributed by atoms with E-state index in [0.717, 1.165) is 34.8 Å². The molecule has 0 saturated heterocycles. The smallest absolute Gasteiger partial charge is 0.231 e. The molecule has 1 atom stereocenters. The molecular weight excluding hydrogens is 334 g/mol. The van der Waals surface area contributed by atoms with Gasteiger partial charge in [0.05, 0.1) is 11.8 Å². The van der Waals surface area contributed by atoms with E-state index >= 15 is 0 Å². The van der Waals surface area contributed by atoms with Gasteiger partial charge in [-0.25, -0.2) is 0 Å². The van der Waals surface area contributed by atoms with E-state index in [4.69, 9.17) is 9.47 Å². The summed E-state index contributed by atoms with van der Waals surface area (Å²) in [5, 5.41) is 3.06. The minimum atomic E-state index is 0.0181. The highest BCUT2D eigenvalue weighted by molar-refractivity contribution is 7.99. The lowest BCUT2D eigenvalue weighted by Crippen LogP contribution is -2.28. The largest absolute Gasteiger partial charge is 0.454 e. The van der Waals surface area contributed by atoms with Gasteiger partial charge >= 0.3 is 0 Å². The molecule has 1 aliphatic rings. The number of benzene rings is 2. The van der Waals surface area contributed by atoms with Gasteiger partial charge in [0.1, 0.15) is 0 Å². The zero-order valence-electron chi connectivity index (χ0n) is 14.6. The van der Waals surface area contributed by atoms with Gasteiger partial charge in [0, 0.05) is 5.75 Å². The van der Waals surface area contributed by atoms with Gasteiger partial charge in [0.15, 0.2) is 11.5 Å². The second-order valence-electron chi connectivity index (χ2n) is 6.06. The van der Waals surface area contributed by atoms with Gasteiger partial charge in [0.25, 0.3) is 0 Å². The number of thioether (sulfide) groups is 1. The second kappa shape index (κ2) is 8.30. The van der Waals surface area contributed by atoms with E-state index in [9.17, 15) is 4.79 Å². The molecule has 0 fully saturated rings. The fourth-order valence-electron chi connectivity index (χ4n) is 2.70. The highest BCUT2D eigenvalue weighted by atomic mass is 32.2. The van der Waals surface area contributed by atoms with E-state index < -0.39 is 0 Å². The van der Waals surface area contributed by atoms with Gasteiger partial charge in [-0.3, -0.25) is 4.79 Å². The molecule has 25 heavy (non-hydrogen) atoms. The number of hydrogen-bond donors (Lipinski definition) is 1. The number of fused-ring (bicyclic) bond motifs is 1. The van der Waals surface area contributed by atoms with Crippen molar-refractivity contribution in [2.45, 2.75) is 32.1 Å². The molecular formula is C20H23NO3S. The summed E-state index contributed by atoms with van der Waals surface area (Å²) in [6.07, 6.45) is 1.03. The quantitative estimate of drug-likeness (QED) is 0.811. The number of ether oxygens (including phenoxy) is 2. The van der Waals surface area contributed by atoms with Crippen LogP contribution in [0.5, 0.6) is 11.5 Å². The summed E-state index contributed by atoms with van der Waals surface area (Å²) in [6.45, 7) is 4.43. The molecule has 0 spiro atoms. The standard InChI is InChI=1S/C20H23NO3S/c1-3-15-4-7-17(8-5-15)14(2)21-20(22)12-25-11-16-6-9-18-19(10-16)24-13-23-18/h4-10,14H,3,11-13H2,1-2H3,(H,21,22)/t14-/m1/s1. The van der Waals surface area contributed by atoms with Crippen LogP contribution in [0.1, 0.15) is 36.6 Å². The first-order valence-corrected chi connectivity index (χ1v) is 9.65.